The van der Waals surface area contributed by atoms with E-state index in [1.54, 1.807) is 0 Å². The van der Waals surface area contributed by atoms with Crippen molar-refractivity contribution in [2.75, 3.05) is 25.6 Å². The monoisotopic (exact) mass is 159 g/mol. The molecule has 0 fully saturated rings. The first-order valence-electron chi connectivity index (χ1n) is 3.53. The Morgan fingerprint density at radius 1 is 1.70 bits per heavy atom. The minimum atomic E-state index is 0.824. The molecule has 0 saturated carbocycles. The number of rotatable bonds is 4. The smallest absolute Gasteiger partial charge is 0.0676 e. The second-order valence-electron chi connectivity index (χ2n) is 2.09. The molecule has 0 atom stereocenters. The predicted molar refractivity (Wildman–Crippen MR) is 44.8 cm³/mol. The molecule has 0 aromatic heterocycles. The van der Waals surface area contributed by atoms with Crippen LogP contribution in [0.25, 0.3) is 0 Å². The molecule has 0 aromatic carbocycles. The van der Waals surface area contributed by atoms with Crippen LogP contribution in [0.3, 0.4) is 0 Å². The molecular weight excluding hydrogens is 146 g/mol. The fourth-order valence-electron chi connectivity index (χ4n) is 0.776. The summed E-state index contributed by atoms with van der Waals surface area (Å²) in [6, 6.07) is 0. The van der Waals surface area contributed by atoms with Crippen LogP contribution >= 0.6 is 11.8 Å². The molecule has 0 aliphatic carbocycles. The summed E-state index contributed by atoms with van der Waals surface area (Å²) < 4.78 is 5.21. The van der Waals surface area contributed by atoms with Crippen molar-refractivity contribution in [3.63, 3.8) is 0 Å². The lowest BCUT2D eigenvalue weighted by Crippen LogP contribution is -2.19. The summed E-state index contributed by atoms with van der Waals surface area (Å²) in [4.78, 5) is 2.25. The van der Waals surface area contributed by atoms with Gasteiger partial charge in [0.25, 0.3) is 0 Å². The third-order valence-electron chi connectivity index (χ3n) is 1.34. The first kappa shape index (κ1) is 7.95. The Hall–Kier alpha value is -0.150. The topological polar surface area (TPSA) is 12.5 Å². The van der Waals surface area contributed by atoms with Gasteiger partial charge in [-0.2, -0.15) is 0 Å². The summed E-state index contributed by atoms with van der Waals surface area (Å²) in [5.41, 5.74) is 0. The third-order valence-corrected chi connectivity index (χ3v) is 2.13. The average Bonchev–Trinajstić information content (AvgIpc) is 2.41. The van der Waals surface area contributed by atoms with E-state index >= 15 is 0 Å². The van der Waals surface area contributed by atoms with Gasteiger partial charge in [0.1, 0.15) is 0 Å². The normalized spacial score (nSPS) is 16.7. The fourth-order valence-corrected chi connectivity index (χ4v) is 1.53. The van der Waals surface area contributed by atoms with Gasteiger partial charge < -0.3 is 9.64 Å². The highest BCUT2D eigenvalue weighted by Gasteiger charge is 2.02. The summed E-state index contributed by atoms with van der Waals surface area (Å²) in [7, 11) is 0. The molecule has 0 radical (unpaired) electrons. The lowest BCUT2D eigenvalue weighted by Gasteiger charge is -2.13. The standard InChI is InChI=1S/C7H13NOS/c1-2-9-5-3-8-4-6-10-7-8/h4,6H,2-3,5,7H2,1H3. The van der Waals surface area contributed by atoms with Crippen LogP contribution < -0.4 is 0 Å². The molecule has 3 heteroatoms. The van der Waals surface area contributed by atoms with E-state index in [1.165, 1.54) is 0 Å². The van der Waals surface area contributed by atoms with Crippen LogP contribution in [-0.4, -0.2) is 30.5 Å². The number of hydrogen-bond donors (Lipinski definition) is 0. The molecule has 1 rings (SSSR count). The molecule has 1 aliphatic heterocycles. The Labute approximate surface area is 66.2 Å². The lowest BCUT2D eigenvalue weighted by molar-refractivity contribution is 0.132. The second kappa shape index (κ2) is 4.63. The molecule has 0 spiro atoms. The Morgan fingerprint density at radius 2 is 2.60 bits per heavy atom. The highest BCUT2D eigenvalue weighted by atomic mass is 32.2. The number of nitrogens with zero attached hydrogens (tertiary/aromatic N) is 1. The summed E-state index contributed by atoms with van der Waals surface area (Å²) in [6.07, 6.45) is 2.11. The van der Waals surface area contributed by atoms with Gasteiger partial charge in [0.15, 0.2) is 0 Å². The van der Waals surface area contributed by atoms with E-state index in [0.717, 1.165) is 25.6 Å². The van der Waals surface area contributed by atoms with Gasteiger partial charge in [-0.15, -0.1) is 11.8 Å². The zero-order valence-corrected chi connectivity index (χ0v) is 7.06. The highest BCUT2D eigenvalue weighted by molar-refractivity contribution is 8.02. The van der Waals surface area contributed by atoms with Gasteiger partial charge in [-0.1, -0.05) is 0 Å². The summed E-state index contributed by atoms with van der Waals surface area (Å²) in [5, 5.41) is 2.12. The Morgan fingerprint density at radius 3 is 3.20 bits per heavy atom. The molecule has 1 heterocycles. The van der Waals surface area contributed by atoms with Gasteiger partial charge in [-0.25, -0.2) is 0 Å². The molecule has 0 saturated heterocycles. The van der Waals surface area contributed by atoms with Crippen molar-refractivity contribution in [2.45, 2.75) is 6.92 Å². The van der Waals surface area contributed by atoms with Crippen molar-refractivity contribution in [3.8, 4) is 0 Å². The quantitative estimate of drug-likeness (QED) is 0.577. The molecule has 0 unspecified atom stereocenters. The van der Waals surface area contributed by atoms with Gasteiger partial charge in [0, 0.05) is 19.4 Å². The molecule has 10 heavy (non-hydrogen) atoms. The van der Waals surface area contributed by atoms with Crippen molar-refractivity contribution in [1.29, 1.82) is 0 Å². The first-order valence-corrected chi connectivity index (χ1v) is 4.58. The first-order chi connectivity index (χ1) is 4.93. The molecule has 2 nitrogen and oxygen atoms in total. The maximum absolute atomic E-state index is 5.21. The number of ether oxygens (including phenoxy) is 1. The van der Waals surface area contributed by atoms with E-state index in [-0.39, 0.29) is 0 Å². The Bertz CT molecular complexity index is 116. The average molecular weight is 159 g/mol. The van der Waals surface area contributed by atoms with E-state index in [1.807, 2.05) is 18.7 Å². The van der Waals surface area contributed by atoms with Gasteiger partial charge >= 0.3 is 0 Å². The van der Waals surface area contributed by atoms with E-state index in [2.05, 4.69) is 16.5 Å². The SMILES string of the molecule is CCOCCN1C=CSC1. The van der Waals surface area contributed by atoms with Crippen LogP contribution in [0.2, 0.25) is 0 Å². The molecule has 0 aromatic rings. The minimum Gasteiger partial charge on any atom is -0.380 e. The van der Waals surface area contributed by atoms with E-state index in [9.17, 15) is 0 Å². The van der Waals surface area contributed by atoms with Crippen LogP contribution in [-0.2, 0) is 4.74 Å². The Balaban J connectivity index is 1.97. The zero-order chi connectivity index (χ0) is 7.23. The largest absolute Gasteiger partial charge is 0.380 e. The summed E-state index contributed by atoms with van der Waals surface area (Å²) in [6.45, 7) is 4.72. The van der Waals surface area contributed by atoms with E-state index in [4.69, 9.17) is 4.74 Å². The third kappa shape index (κ3) is 2.62. The molecule has 1 aliphatic rings. The van der Waals surface area contributed by atoms with E-state index < -0.39 is 0 Å². The van der Waals surface area contributed by atoms with Crippen molar-refractivity contribution >= 4 is 11.8 Å². The molecule has 0 N–H and O–H groups in total. The number of thioether (sulfide) groups is 1. The van der Waals surface area contributed by atoms with Crippen molar-refractivity contribution in [3.05, 3.63) is 11.6 Å². The van der Waals surface area contributed by atoms with Gasteiger partial charge in [-0.3, -0.25) is 0 Å². The van der Waals surface area contributed by atoms with Crippen LogP contribution in [0.1, 0.15) is 6.92 Å². The van der Waals surface area contributed by atoms with Crippen molar-refractivity contribution in [1.82, 2.24) is 4.90 Å². The molecule has 58 valence electrons. The summed E-state index contributed by atoms with van der Waals surface area (Å²) in [5.74, 6) is 1.09. The van der Waals surface area contributed by atoms with Gasteiger partial charge in [0.05, 0.1) is 12.5 Å². The van der Waals surface area contributed by atoms with Crippen LogP contribution in [0.4, 0.5) is 0 Å². The van der Waals surface area contributed by atoms with E-state index in [0.29, 0.717) is 0 Å². The molecular formula is C7H13NOS. The van der Waals surface area contributed by atoms with Crippen LogP contribution in [0.15, 0.2) is 11.6 Å². The summed E-state index contributed by atoms with van der Waals surface area (Å²) >= 11 is 1.83. The van der Waals surface area contributed by atoms with Crippen molar-refractivity contribution in [2.24, 2.45) is 0 Å². The molecule has 0 amide bonds. The zero-order valence-electron chi connectivity index (χ0n) is 6.25. The Kier molecular flexibility index (Phi) is 3.68. The lowest BCUT2D eigenvalue weighted by atomic mass is 10.6. The minimum absolute atomic E-state index is 0.824. The number of hydrogen-bond acceptors (Lipinski definition) is 3. The second-order valence-corrected chi connectivity index (χ2v) is 2.95. The maximum atomic E-state index is 5.21. The van der Waals surface area contributed by atoms with Crippen LogP contribution in [0, 0.1) is 0 Å². The highest BCUT2D eigenvalue weighted by Crippen LogP contribution is 2.13. The molecule has 0 bridgehead atoms. The fraction of sp³-hybridized carbons (Fsp3) is 0.714. The predicted octanol–water partition coefficient (Wildman–Crippen LogP) is 1.50. The van der Waals surface area contributed by atoms with Crippen molar-refractivity contribution < 1.29 is 4.74 Å². The maximum Gasteiger partial charge on any atom is 0.0676 e. The van der Waals surface area contributed by atoms with Gasteiger partial charge in [0.2, 0.25) is 0 Å². The van der Waals surface area contributed by atoms with Gasteiger partial charge in [-0.05, 0) is 12.3 Å². The van der Waals surface area contributed by atoms with Crippen LogP contribution in [0.5, 0.6) is 0 Å².